The van der Waals surface area contributed by atoms with Crippen LogP contribution in [0.4, 0.5) is 5.69 Å². The summed E-state index contributed by atoms with van der Waals surface area (Å²) in [7, 11) is -3.89. The largest absolute Gasteiger partial charge is 0.380 e. The van der Waals surface area contributed by atoms with Crippen LogP contribution >= 0.6 is 0 Å². The molecule has 154 valence electrons. The molecule has 0 unspecified atom stereocenters. The molecule has 0 spiro atoms. The van der Waals surface area contributed by atoms with Crippen LogP contribution in [0.2, 0.25) is 0 Å². The van der Waals surface area contributed by atoms with Gasteiger partial charge in [-0.1, -0.05) is 6.07 Å². The highest BCUT2D eigenvalue weighted by atomic mass is 32.2. The minimum atomic E-state index is -3.89. The molecule has 1 fully saturated rings. The second-order valence-electron chi connectivity index (χ2n) is 7.20. The molecule has 0 bridgehead atoms. The number of aryl methyl sites for hydroxylation is 1. The number of aromatic nitrogens is 5. The van der Waals surface area contributed by atoms with E-state index in [1.807, 2.05) is 6.92 Å². The van der Waals surface area contributed by atoms with Gasteiger partial charge in [0.15, 0.2) is 5.82 Å². The number of H-pyrrole nitrogens is 1. The third-order valence-corrected chi connectivity index (χ3v) is 6.39. The topological polar surface area (TPSA) is 135 Å². The third-order valence-electron chi connectivity index (χ3n) is 5.07. The van der Waals surface area contributed by atoms with Crippen LogP contribution < -0.4 is 4.72 Å². The van der Waals surface area contributed by atoms with Gasteiger partial charge in [0.05, 0.1) is 36.8 Å². The molecule has 1 aliphatic rings. The molecule has 0 radical (unpaired) electrons. The minimum Gasteiger partial charge on any atom is -0.380 e. The summed E-state index contributed by atoms with van der Waals surface area (Å²) < 4.78 is 34.9. The zero-order chi connectivity index (χ0) is 20.9. The van der Waals surface area contributed by atoms with Crippen molar-refractivity contribution in [1.29, 1.82) is 0 Å². The van der Waals surface area contributed by atoms with Crippen molar-refractivity contribution in [3.05, 3.63) is 60.2 Å². The number of benzene rings is 1. The van der Waals surface area contributed by atoms with E-state index in [0.29, 0.717) is 28.0 Å². The first-order valence-corrected chi connectivity index (χ1v) is 10.6. The van der Waals surface area contributed by atoms with Gasteiger partial charge in [-0.2, -0.15) is 10.2 Å². The lowest BCUT2D eigenvalue weighted by molar-refractivity contribution is -0.184. The summed E-state index contributed by atoms with van der Waals surface area (Å²) in [6.07, 6.45) is 4.16. The van der Waals surface area contributed by atoms with Gasteiger partial charge in [-0.3, -0.25) is 9.82 Å². The Bertz CT molecular complexity index is 1360. The molecule has 0 saturated carbocycles. The molecule has 1 aliphatic heterocycles. The summed E-state index contributed by atoms with van der Waals surface area (Å²) in [6, 6.07) is 8.57. The van der Waals surface area contributed by atoms with E-state index in [0.717, 1.165) is 5.69 Å². The number of rotatable bonds is 5. The first kappa shape index (κ1) is 18.7. The lowest BCUT2D eigenvalue weighted by atomic mass is 9.93. The van der Waals surface area contributed by atoms with Crippen LogP contribution in [-0.4, -0.2) is 51.7 Å². The van der Waals surface area contributed by atoms with E-state index in [4.69, 9.17) is 4.74 Å². The molecule has 4 heterocycles. The molecule has 3 N–H and O–H groups in total. The lowest BCUT2D eigenvalue weighted by Crippen LogP contribution is -2.46. The van der Waals surface area contributed by atoms with Crippen LogP contribution in [0.25, 0.3) is 16.7 Å². The van der Waals surface area contributed by atoms with Crippen molar-refractivity contribution in [2.75, 3.05) is 17.9 Å². The smallest absolute Gasteiger partial charge is 0.265 e. The van der Waals surface area contributed by atoms with Crippen LogP contribution in [0.15, 0.2) is 53.8 Å². The van der Waals surface area contributed by atoms with E-state index < -0.39 is 15.6 Å². The van der Waals surface area contributed by atoms with Crippen molar-refractivity contribution in [2.24, 2.45) is 0 Å². The minimum absolute atomic E-state index is 0.0152. The van der Waals surface area contributed by atoms with Crippen LogP contribution in [-0.2, 0) is 20.4 Å². The van der Waals surface area contributed by atoms with Gasteiger partial charge in [0.25, 0.3) is 10.0 Å². The zero-order valence-corrected chi connectivity index (χ0v) is 16.7. The van der Waals surface area contributed by atoms with Gasteiger partial charge in [-0.15, -0.1) is 0 Å². The molecular formula is C19H18N6O4S. The van der Waals surface area contributed by atoms with E-state index in [1.54, 1.807) is 30.3 Å². The van der Waals surface area contributed by atoms with Crippen molar-refractivity contribution in [3.8, 4) is 5.82 Å². The van der Waals surface area contributed by atoms with Gasteiger partial charge < -0.3 is 9.84 Å². The highest BCUT2D eigenvalue weighted by Gasteiger charge is 2.38. The summed E-state index contributed by atoms with van der Waals surface area (Å²) >= 11 is 0. The van der Waals surface area contributed by atoms with E-state index in [1.165, 1.54) is 23.3 Å². The fourth-order valence-corrected chi connectivity index (χ4v) is 4.38. The molecule has 0 amide bonds. The van der Waals surface area contributed by atoms with E-state index >= 15 is 0 Å². The van der Waals surface area contributed by atoms with Gasteiger partial charge in [0.1, 0.15) is 10.5 Å². The summed E-state index contributed by atoms with van der Waals surface area (Å²) in [5.41, 5.74) is 1.44. The first-order chi connectivity index (χ1) is 14.4. The highest BCUT2D eigenvalue weighted by Crippen LogP contribution is 2.30. The third kappa shape index (κ3) is 3.03. The molecule has 0 atom stereocenters. The lowest BCUT2D eigenvalue weighted by Gasteiger charge is -2.36. The van der Waals surface area contributed by atoms with Crippen LogP contribution in [0.5, 0.6) is 0 Å². The summed E-state index contributed by atoms with van der Waals surface area (Å²) in [5, 5.41) is 22.3. The monoisotopic (exact) mass is 426 g/mol. The van der Waals surface area contributed by atoms with E-state index in [9.17, 15) is 13.5 Å². The van der Waals surface area contributed by atoms with E-state index in [-0.39, 0.29) is 18.1 Å². The molecule has 10 nitrogen and oxygen atoms in total. The molecule has 30 heavy (non-hydrogen) atoms. The van der Waals surface area contributed by atoms with Gasteiger partial charge >= 0.3 is 0 Å². The fraction of sp³-hybridized carbons (Fsp3) is 0.211. The predicted molar refractivity (Wildman–Crippen MR) is 108 cm³/mol. The number of hydrogen-bond acceptors (Lipinski definition) is 7. The Morgan fingerprint density at radius 2 is 2.13 bits per heavy atom. The Morgan fingerprint density at radius 3 is 2.90 bits per heavy atom. The van der Waals surface area contributed by atoms with Crippen LogP contribution in [0, 0.1) is 6.92 Å². The van der Waals surface area contributed by atoms with Crippen molar-refractivity contribution in [3.63, 3.8) is 0 Å². The number of anilines is 1. The number of aliphatic hydroxyl groups is 1. The maximum absolute atomic E-state index is 12.9. The Kier molecular flexibility index (Phi) is 4.13. The molecule has 11 heteroatoms. The van der Waals surface area contributed by atoms with Crippen molar-refractivity contribution < 1.29 is 18.3 Å². The average Bonchev–Trinajstić information content (AvgIpc) is 3.35. The second kappa shape index (κ2) is 6.62. The number of hydrogen-bond donors (Lipinski definition) is 3. The molecule has 4 aromatic rings. The van der Waals surface area contributed by atoms with Gasteiger partial charge in [0, 0.05) is 17.3 Å². The molecule has 3 aromatic heterocycles. The Balaban J connectivity index is 1.46. The first-order valence-electron chi connectivity index (χ1n) is 9.14. The molecule has 5 rings (SSSR count). The Morgan fingerprint density at radius 1 is 1.30 bits per heavy atom. The van der Waals surface area contributed by atoms with Crippen LogP contribution in [0.3, 0.4) is 0 Å². The average molecular weight is 426 g/mol. The van der Waals surface area contributed by atoms with Crippen LogP contribution in [0.1, 0.15) is 11.3 Å². The number of nitrogens with zero attached hydrogens (tertiary/aromatic N) is 4. The van der Waals surface area contributed by atoms with Gasteiger partial charge in [0.2, 0.25) is 0 Å². The van der Waals surface area contributed by atoms with Crippen molar-refractivity contribution >= 4 is 26.6 Å². The predicted octanol–water partition coefficient (Wildman–Crippen LogP) is 1.47. The SMILES string of the molecule is Cc1[nH]nc2cccc(NS(=O)(=O)c3cnn(-c4cc(C5(O)COC5)ccn4)c3)c12. The van der Waals surface area contributed by atoms with Gasteiger partial charge in [-0.05, 0) is 36.8 Å². The normalized spacial score (nSPS) is 15.8. The standard InChI is InChI=1S/C19H18N6O4S/c1-12-18-15(23-22-12)3-2-4-16(18)24-30(27,28)14-8-21-25(9-14)17-7-13(5-6-20-17)19(26)10-29-11-19/h2-9,24,26H,10-11H2,1H3,(H,22,23). The summed E-state index contributed by atoms with van der Waals surface area (Å²) in [5.74, 6) is 0.391. The number of ether oxygens (including phenoxy) is 1. The highest BCUT2D eigenvalue weighted by molar-refractivity contribution is 7.92. The molecule has 1 aromatic carbocycles. The van der Waals surface area contributed by atoms with Crippen molar-refractivity contribution in [1.82, 2.24) is 25.0 Å². The molecule has 1 saturated heterocycles. The molecule has 0 aliphatic carbocycles. The number of sulfonamides is 1. The summed E-state index contributed by atoms with van der Waals surface area (Å²) in [4.78, 5) is 4.21. The summed E-state index contributed by atoms with van der Waals surface area (Å²) in [6.45, 7) is 2.24. The maximum atomic E-state index is 12.9. The number of aromatic amines is 1. The molecular weight excluding hydrogens is 408 g/mol. The zero-order valence-electron chi connectivity index (χ0n) is 15.9. The Hall–Kier alpha value is -3.28. The van der Waals surface area contributed by atoms with E-state index in [2.05, 4.69) is 25.0 Å². The number of nitrogens with one attached hydrogen (secondary N) is 2. The fourth-order valence-electron chi connectivity index (χ4n) is 3.38. The Labute approximate surface area is 171 Å². The van der Waals surface area contributed by atoms with Gasteiger partial charge in [-0.25, -0.2) is 18.1 Å². The number of pyridine rings is 1. The number of fused-ring (bicyclic) bond motifs is 1. The quantitative estimate of drug-likeness (QED) is 0.440. The van der Waals surface area contributed by atoms with Crippen molar-refractivity contribution in [2.45, 2.75) is 17.4 Å². The maximum Gasteiger partial charge on any atom is 0.265 e. The second-order valence-corrected chi connectivity index (χ2v) is 8.88.